The molecule has 4 nitrogen and oxygen atoms in total. The Bertz CT molecular complexity index is 745. The fraction of sp³-hybridized carbons (Fsp3) is 0.167. The van der Waals surface area contributed by atoms with Crippen LogP contribution >= 0.6 is 0 Å². The second kappa shape index (κ2) is 6.68. The van der Waals surface area contributed by atoms with E-state index in [1.807, 2.05) is 32.0 Å². The summed E-state index contributed by atoms with van der Waals surface area (Å²) in [4.78, 5) is 24.4. The van der Waals surface area contributed by atoms with Gasteiger partial charge >= 0.3 is 0 Å². The molecule has 0 heterocycles. The van der Waals surface area contributed by atoms with E-state index in [9.17, 15) is 14.9 Å². The first-order valence-electron chi connectivity index (χ1n) is 6.90. The van der Waals surface area contributed by atoms with Gasteiger partial charge in [0.05, 0.1) is 6.07 Å². The number of Topliss-reactive ketones (excluding diaryl/α,β-unsaturated/α-hetero) is 1. The van der Waals surface area contributed by atoms with Gasteiger partial charge in [0.25, 0.3) is 5.91 Å². The molecule has 2 rings (SSSR count). The maximum Gasteiger partial charge on any atom is 0.293 e. The zero-order valence-corrected chi connectivity index (χ0v) is 12.5. The van der Waals surface area contributed by atoms with Crippen LogP contribution < -0.4 is 5.32 Å². The molecule has 0 unspecified atom stereocenters. The van der Waals surface area contributed by atoms with Crippen molar-refractivity contribution in [2.45, 2.75) is 19.8 Å². The highest BCUT2D eigenvalue weighted by molar-refractivity contribution is 6.43. The third kappa shape index (κ3) is 3.39. The molecule has 2 aromatic carbocycles. The molecule has 2 aromatic rings. The lowest BCUT2D eigenvalue weighted by atomic mass is 9.95. The summed E-state index contributed by atoms with van der Waals surface area (Å²) >= 11 is 0. The Morgan fingerprint density at radius 1 is 1.09 bits per heavy atom. The smallest absolute Gasteiger partial charge is 0.293 e. The number of anilines is 1. The maximum absolute atomic E-state index is 12.2. The molecule has 0 saturated carbocycles. The number of nitriles is 1. The van der Waals surface area contributed by atoms with Gasteiger partial charge in [-0.25, -0.2) is 0 Å². The minimum atomic E-state index is -1.09. The quantitative estimate of drug-likeness (QED) is 0.880. The van der Waals surface area contributed by atoms with Crippen molar-refractivity contribution in [1.82, 2.24) is 0 Å². The van der Waals surface area contributed by atoms with Gasteiger partial charge in [0.15, 0.2) is 0 Å². The monoisotopic (exact) mass is 292 g/mol. The summed E-state index contributed by atoms with van der Waals surface area (Å²) < 4.78 is 0. The van der Waals surface area contributed by atoms with E-state index in [0.717, 1.165) is 11.1 Å². The number of benzene rings is 2. The summed E-state index contributed by atoms with van der Waals surface area (Å²) in [6.07, 6.45) is 0. The van der Waals surface area contributed by atoms with E-state index in [2.05, 4.69) is 5.32 Å². The highest BCUT2D eigenvalue weighted by Gasteiger charge is 2.27. The second-order valence-electron chi connectivity index (χ2n) is 5.11. The molecule has 0 bridgehead atoms. The van der Waals surface area contributed by atoms with Crippen LogP contribution in [0.5, 0.6) is 0 Å². The van der Waals surface area contributed by atoms with Gasteiger partial charge in [-0.3, -0.25) is 9.59 Å². The molecule has 1 amide bonds. The average Bonchev–Trinajstić information content (AvgIpc) is 2.52. The number of ketones is 1. The van der Waals surface area contributed by atoms with Crippen LogP contribution in [0.15, 0.2) is 48.5 Å². The first kappa shape index (κ1) is 15.5. The Hall–Kier alpha value is -2.93. The number of amides is 1. The molecule has 4 heteroatoms. The molecule has 0 saturated heterocycles. The van der Waals surface area contributed by atoms with Crippen LogP contribution in [-0.4, -0.2) is 11.7 Å². The Morgan fingerprint density at radius 3 is 2.41 bits per heavy atom. The van der Waals surface area contributed by atoms with Crippen molar-refractivity contribution in [2.24, 2.45) is 0 Å². The maximum atomic E-state index is 12.2. The molecule has 22 heavy (non-hydrogen) atoms. The second-order valence-corrected chi connectivity index (χ2v) is 5.11. The normalized spacial score (nSPS) is 11.3. The largest absolute Gasteiger partial charge is 0.319 e. The molecule has 0 radical (unpaired) electrons. The van der Waals surface area contributed by atoms with Gasteiger partial charge in [0, 0.05) is 5.69 Å². The fourth-order valence-electron chi connectivity index (χ4n) is 2.12. The van der Waals surface area contributed by atoms with Crippen LogP contribution in [0.3, 0.4) is 0 Å². The lowest BCUT2D eigenvalue weighted by molar-refractivity contribution is -0.135. The van der Waals surface area contributed by atoms with E-state index in [1.54, 1.807) is 36.4 Å². The highest BCUT2D eigenvalue weighted by atomic mass is 16.2. The van der Waals surface area contributed by atoms with Gasteiger partial charge in [-0.1, -0.05) is 42.5 Å². The standard InChI is InChI=1S/C18H16N2O2/c1-12-8-9-13(2)16(10-12)20-18(22)17(21)15(11-19)14-6-4-3-5-7-14/h3-10,15H,1-2H3,(H,20,22)/t15-/m0/s1. The lowest BCUT2D eigenvalue weighted by Gasteiger charge is -2.11. The van der Waals surface area contributed by atoms with Crippen molar-refractivity contribution in [3.05, 3.63) is 65.2 Å². The predicted octanol–water partition coefficient (Wildman–Crippen LogP) is 3.12. The summed E-state index contributed by atoms with van der Waals surface area (Å²) in [6, 6.07) is 16.1. The zero-order valence-electron chi connectivity index (χ0n) is 12.5. The van der Waals surface area contributed by atoms with Gasteiger partial charge < -0.3 is 5.32 Å². The van der Waals surface area contributed by atoms with Crippen molar-refractivity contribution in [3.8, 4) is 6.07 Å². The molecule has 1 N–H and O–H groups in total. The Morgan fingerprint density at radius 2 is 1.77 bits per heavy atom. The number of hydrogen-bond donors (Lipinski definition) is 1. The van der Waals surface area contributed by atoms with Crippen molar-refractivity contribution < 1.29 is 9.59 Å². The summed E-state index contributed by atoms with van der Waals surface area (Å²) in [6.45, 7) is 3.75. The zero-order chi connectivity index (χ0) is 16.1. The number of carbonyl (C=O) groups is 2. The molecule has 0 spiro atoms. The van der Waals surface area contributed by atoms with Crippen LogP contribution in [0.4, 0.5) is 5.69 Å². The average molecular weight is 292 g/mol. The summed E-state index contributed by atoms with van der Waals surface area (Å²) in [5, 5.41) is 11.8. The predicted molar refractivity (Wildman–Crippen MR) is 84.3 cm³/mol. The Kier molecular flexibility index (Phi) is 4.70. The summed E-state index contributed by atoms with van der Waals surface area (Å²) in [5.74, 6) is -2.62. The lowest BCUT2D eigenvalue weighted by Crippen LogP contribution is -2.28. The van der Waals surface area contributed by atoms with Gasteiger partial charge in [0.1, 0.15) is 5.92 Å². The van der Waals surface area contributed by atoms with E-state index in [0.29, 0.717) is 11.3 Å². The van der Waals surface area contributed by atoms with E-state index >= 15 is 0 Å². The van der Waals surface area contributed by atoms with Crippen LogP contribution in [0.25, 0.3) is 0 Å². The molecule has 0 aliphatic carbocycles. The van der Waals surface area contributed by atoms with Crippen LogP contribution in [0, 0.1) is 25.2 Å². The molecular formula is C18H16N2O2. The van der Waals surface area contributed by atoms with E-state index in [4.69, 9.17) is 0 Å². The van der Waals surface area contributed by atoms with Crippen LogP contribution in [0.1, 0.15) is 22.6 Å². The molecule has 1 atom stereocenters. The molecule has 0 fully saturated rings. The number of nitrogens with one attached hydrogen (secondary N) is 1. The van der Waals surface area contributed by atoms with Gasteiger partial charge in [-0.15, -0.1) is 0 Å². The van der Waals surface area contributed by atoms with Gasteiger partial charge in [0.2, 0.25) is 5.78 Å². The van der Waals surface area contributed by atoms with Crippen LogP contribution in [-0.2, 0) is 9.59 Å². The number of rotatable bonds is 4. The minimum absolute atomic E-state index is 0.520. The van der Waals surface area contributed by atoms with Gasteiger partial charge in [-0.05, 0) is 36.6 Å². The number of nitrogens with zero attached hydrogens (tertiary/aromatic N) is 1. The van der Waals surface area contributed by atoms with E-state index < -0.39 is 17.6 Å². The van der Waals surface area contributed by atoms with Crippen molar-refractivity contribution in [3.63, 3.8) is 0 Å². The third-order valence-corrected chi connectivity index (χ3v) is 3.39. The molecule has 0 aliphatic heterocycles. The Labute approximate surface area is 129 Å². The Balaban J connectivity index is 2.20. The number of carbonyl (C=O) groups excluding carboxylic acids is 2. The highest BCUT2D eigenvalue weighted by Crippen LogP contribution is 2.19. The third-order valence-electron chi connectivity index (χ3n) is 3.39. The van der Waals surface area contributed by atoms with Crippen LogP contribution in [0.2, 0.25) is 0 Å². The number of aryl methyl sites for hydroxylation is 2. The molecular weight excluding hydrogens is 276 g/mol. The van der Waals surface area contributed by atoms with E-state index in [1.165, 1.54) is 0 Å². The molecule has 0 aromatic heterocycles. The van der Waals surface area contributed by atoms with Crippen molar-refractivity contribution in [1.29, 1.82) is 5.26 Å². The summed E-state index contributed by atoms with van der Waals surface area (Å²) in [7, 11) is 0. The topological polar surface area (TPSA) is 70.0 Å². The molecule has 110 valence electrons. The fourth-order valence-corrected chi connectivity index (χ4v) is 2.12. The van der Waals surface area contributed by atoms with Crippen molar-refractivity contribution >= 4 is 17.4 Å². The van der Waals surface area contributed by atoms with E-state index in [-0.39, 0.29) is 0 Å². The SMILES string of the molecule is Cc1ccc(C)c(NC(=O)C(=O)[C@@H](C#N)c2ccccc2)c1. The first-order valence-corrected chi connectivity index (χ1v) is 6.90. The number of hydrogen-bond acceptors (Lipinski definition) is 3. The minimum Gasteiger partial charge on any atom is -0.319 e. The van der Waals surface area contributed by atoms with Crippen molar-refractivity contribution in [2.75, 3.05) is 5.32 Å². The van der Waals surface area contributed by atoms with Gasteiger partial charge in [-0.2, -0.15) is 5.26 Å². The first-order chi connectivity index (χ1) is 10.5. The summed E-state index contributed by atoms with van der Waals surface area (Å²) in [5.41, 5.74) is 2.95. The molecule has 0 aliphatic rings.